The average molecular weight is 376 g/mol. The molecule has 3 N–H and O–H groups in total. The number of benzene rings is 1. The zero-order valence-corrected chi connectivity index (χ0v) is 14.4. The predicted molar refractivity (Wildman–Crippen MR) is 88.3 cm³/mol. The van der Waals surface area contributed by atoms with Gasteiger partial charge in [0.25, 0.3) is 0 Å². The number of aryl methyl sites for hydroxylation is 2. The lowest BCUT2D eigenvalue weighted by atomic mass is 10.1. The van der Waals surface area contributed by atoms with Crippen LogP contribution in [0.2, 0.25) is 0 Å². The van der Waals surface area contributed by atoms with Crippen molar-refractivity contribution in [3.8, 4) is 5.75 Å². The third kappa shape index (κ3) is 4.91. The van der Waals surface area contributed by atoms with Crippen LogP contribution >= 0.6 is 0 Å². The number of rotatable bonds is 6. The number of amides is 1. The molecule has 0 unspecified atom stereocenters. The summed E-state index contributed by atoms with van der Waals surface area (Å²) in [5, 5.41) is 23.2. The molecule has 0 aliphatic carbocycles. The maximum atomic E-state index is 12.2. The Bertz CT molecular complexity index is 865. The first-order chi connectivity index (χ1) is 12.7. The normalized spacial score (nSPS) is 11.5. The second kappa shape index (κ2) is 8.13. The lowest BCUT2D eigenvalue weighted by Gasteiger charge is -2.13. The van der Waals surface area contributed by atoms with Crippen molar-refractivity contribution < 1.29 is 38.7 Å². The Morgan fingerprint density at radius 1 is 1.15 bits per heavy atom. The van der Waals surface area contributed by atoms with Crippen molar-refractivity contribution in [2.75, 3.05) is 0 Å². The van der Waals surface area contributed by atoms with Crippen LogP contribution in [0.15, 0.2) is 28.8 Å². The monoisotopic (exact) mass is 376 g/mol. The van der Waals surface area contributed by atoms with E-state index in [0.29, 0.717) is 17.0 Å². The first-order valence-electron chi connectivity index (χ1n) is 7.69. The zero-order valence-electron chi connectivity index (χ0n) is 14.4. The number of nitrogens with one attached hydrogen (secondary N) is 1. The Balaban J connectivity index is 2.05. The molecule has 1 atom stereocenters. The minimum absolute atomic E-state index is 0.146. The van der Waals surface area contributed by atoms with Crippen LogP contribution in [0.5, 0.6) is 5.75 Å². The SMILES string of the molecule is Cc1noc(C)c1C(=O)Oc1ccc(C[C@@H](NC(=O)C(=O)O)C(=O)O)cc1. The minimum Gasteiger partial charge on any atom is -0.480 e. The third-order valence-electron chi connectivity index (χ3n) is 3.61. The number of aromatic nitrogens is 1. The summed E-state index contributed by atoms with van der Waals surface area (Å²) >= 11 is 0. The molecular formula is C17H16N2O8. The molecule has 1 aromatic heterocycles. The number of hydrogen-bond acceptors (Lipinski definition) is 7. The molecule has 0 spiro atoms. The van der Waals surface area contributed by atoms with E-state index in [0.717, 1.165) is 0 Å². The van der Waals surface area contributed by atoms with Gasteiger partial charge >= 0.3 is 23.8 Å². The van der Waals surface area contributed by atoms with Crippen LogP contribution in [0.3, 0.4) is 0 Å². The first kappa shape index (κ1) is 19.6. The van der Waals surface area contributed by atoms with Gasteiger partial charge in [0.1, 0.15) is 23.1 Å². The second-order valence-electron chi connectivity index (χ2n) is 5.61. The number of aliphatic carboxylic acids is 2. The van der Waals surface area contributed by atoms with Gasteiger partial charge < -0.3 is 24.8 Å². The second-order valence-corrected chi connectivity index (χ2v) is 5.61. The number of carbonyl (C=O) groups is 4. The van der Waals surface area contributed by atoms with Crippen molar-refractivity contribution >= 4 is 23.8 Å². The molecule has 10 nitrogen and oxygen atoms in total. The molecule has 2 rings (SSSR count). The zero-order chi connectivity index (χ0) is 20.1. The van der Waals surface area contributed by atoms with Gasteiger partial charge in [-0.3, -0.25) is 4.79 Å². The van der Waals surface area contributed by atoms with E-state index >= 15 is 0 Å². The maximum Gasteiger partial charge on any atom is 0.394 e. The van der Waals surface area contributed by atoms with E-state index in [4.69, 9.17) is 19.5 Å². The number of hydrogen-bond donors (Lipinski definition) is 3. The van der Waals surface area contributed by atoms with Gasteiger partial charge in [-0.1, -0.05) is 17.3 Å². The number of nitrogens with zero attached hydrogens (tertiary/aromatic N) is 1. The fourth-order valence-corrected chi connectivity index (χ4v) is 2.28. The Morgan fingerprint density at radius 3 is 2.26 bits per heavy atom. The fourth-order valence-electron chi connectivity index (χ4n) is 2.28. The van der Waals surface area contributed by atoms with Crippen LogP contribution in [0.1, 0.15) is 27.4 Å². The van der Waals surface area contributed by atoms with Gasteiger partial charge in [-0.2, -0.15) is 0 Å². The highest BCUT2D eigenvalue weighted by atomic mass is 16.5. The molecule has 0 aliphatic rings. The Kier molecular flexibility index (Phi) is 5.91. The van der Waals surface area contributed by atoms with Crippen LogP contribution < -0.4 is 10.1 Å². The summed E-state index contributed by atoms with van der Waals surface area (Å²) in [5.41, 5.74) is 1.11. The van der Waals surface area contributed by atoms with Gasteiger partial charge in [-0.05, 0) is 31.5 Å². The van der Waals surface area contributed by atoms with E-state index in [2.05, 4.69) is 5.16 Å². The molecule has 0 saturated heterocycles. The molecule has 0 radical (unpaired) electrons. The van der Waals surface area contributed by atoms with E-state index in [1.54, 1.807) is 13.8 Å². The van der Waals surface area contributed by atoms with Crippen LogP contribution in [0, 0.1) is 13.8 Å². The first-order valence-corrected chi connectivity index (χ1v) is 7.69. The van der Waals surface area contributed by atoms with Gasteiger partial charge in [-0.15, -0.1) is 0 Å². The molecule has 0 saturated carbocycles. The summed E-state index contributed by atoms with van der Waals surface area (Å²) in [6, 6.07) is 4.48. The van der Waals surface area contributed by atoms with Crippen molar-refractivity contribution in [3.63, 3.8) is 0 Å². The fraction of sp³-hybridized carbons (Fsp3) is 0.235. The van der Waals surface area contributed by atoms with E-state index in [9.17, 15) is 19.2 Å². The van der Waals surface area contributed by atoms with Gasteiger partial charge in [-0.25, -0.2) is 14.4 Å². The standard InChI is InChI=1S/C17H16N2O8/c1-8-13(9(2)27-19-8)17(25)26-11-5-3-10(4-6-11)7-12(15(21)22)18-14(20)16(23)24/h3-6,12H,7H2,1-2H3,(H,18,20)(H,21,22)(H,23,24)/t12-/m1/s1. The predicted octanol–water partition coefficient (Wildman–Crippen LogP) is 0.707. The molecule has 1 aromatic carbocycles. The summed E-state index contributed by atoms with van der Waals surface area (Å²) in [6.07, 6.45) is -0.146. The smallest absolute Gasteiger partial charge is 0.394 e. The van der Waals surface area contributed by atoms with Crippen molar-refractivity contribution in [1.29, 1.82) is 0 Å². The third-order valence-corrected chi connectivity index (χ3v) is 3.61. The topological polar surface area (TPSA) is 156 Å². The summed E-state index contributed by atoms with van der Waals surface area (Å²) in [4.78, 5) is 45.0. The molecule has 1 heterocycles. The van der Waals surface area contributed by atoms with Gasteiger partial charge in [0.2, 0.25) is 0 Å². The largest absolute Gasteiger partial charge is 0.480 e. The van der Waals surface area contributed by atoms with E-state index in [-0.39, 0.29) is 17.7 Å². The number of esters is 1. The van der Waals surface area contributed by atoms with Crippen molar-refractivity contribution in [2.24, 2.45) is 0 Å². The number of carbonyl (C=O) groups excluding carboxylic acids is 2. The molecular weight excluding hydrogens is 360 g/mol. The Hall–Kier alpha value is -3.69. The van der Waals surface area contributed by atoms with E-state index in [1.807, 2.05) is 5.32 Å². The number of carboxylic acids is 2. The van der Waals surface area contributed by atoms with Gasteiger partial charge in [0.05, 0.1) is 5.69 Å². The summed E-state index contributed by atoms with van der Waals surface area (Å²) in [6.45, 7) is 3.19. The van der Waals surface area contributed by atoms with E-state index < -0.39 is 29.9 Å². The Morgan fingerprint density at radius 2 is 1.78 bits per heavy atom. The van der Waals surface area contributed by atoms with E-state index in [1.165, 1.54) is 24.3 Å². The highest BCUT2D eigenvalue weighted by molar-refractivity contribution is 6.31. The van der Waals surface area contributed by atoms with Gasteiger partial charge in [0.15, 0.2) is 0 Å². The quantitative estimate of drug-likeness (QED) is 0.375. The highest BCUT2D eigenvalue weighted by Crippen LogP contribution is 2.18. The van der Waals surface area contributed by atoms with Crippen LogP contribution in [-0.4, -0.2) is 45.2 Å². The van der Waals surface area contributed by atoms with Crippen LogP contribution in [-0.2, 0) is 20.8 Å². The molecule has 10 heteroatoms. The van der Waals surface area contributed by atoms with Crippen LogP contribution in [0.4, 0.5) is 0 Å². The molecule has 142 valence electrons. The molecule has 27 heavy (non-hydrogen) atoms. The summed E-state index contributed by atoms with van der Waals surface area (Å²) in [5.74, 6) is -4.66. The lowest BCUT2D eigenvalue weighted by Crippen LogP contribution is -2.45. The average Bonchev–Trinajstić information content (AvgIpc) is 2.94. The summed E-state index contributed by atoms with van der Waals surface area (Å²) < 4.78 is 10.1. The van der Waals surface area contributed by atoms with Crippen LogP contribution in [0.25, 0.3) is 0 Å². The molecule has 1 amide bonds. The molecule has 0 aliphatic heterocycles. The highest BCUT2D eigenvalue weighted by Gasteiger charge is 2.24. The molecule has 0 bridgehead atoms. The lowest BCUT2D eigenvalue weighted by molar-refractivity contribution is -0.152. The van der Waals surface area contributed by atoms with Crippen molar-refractivity contribution in [2.45, 2.75) is 26.3 Å². The molecule has 0 fully saturated rings. The van der Waals surface area contributed by atoms with Crippen molar-refractivity contribution in [3.05, 3.63) is 46.8 Å². The molecule has 2 aromatic rings. The maximum absolute atomic E-state index is 12.2. The summed E-state index contributed by atoms with van der Waals surface area (Å²) in [7, 11) is 0. The minimum atomic E-state index is -1.78. The van der Waals surface area contributed by atoms with Crippen molar-refractivity contribution in [1.82, 2.24) is 10.5 Å². The number of carboxylic acid groups (broad SMARTS) is 2. The Labute approximate surface area is 152 Å². The number of ether oxygens (including phenoxy) is 1. The van der Waals surface area contributed by atoms with Gasteiger partial charge in [0, 0.05) is 6.42 Å².